The highest BCUT2D eigenvalue weighted by molar-refractivity contribution is 9.10. The number of rotatable bonds is 4. The third kappa shape index (κ3) is 3.77. The fourth-order valence-electron chi connectivity index (χ4n) is 2.03. The van der Waals surface area contributed by atoms with E-state index < -0.39 is 0 Å². The van der Waals surface area contributed by atoms with Crippen LogP contribution in [0.3, 0.4) is 0 Å². The van der Waals surface area contributed by atoms with E-state index in [1.165, 1.54) is 0 Å². The van der Waals surface area contributed by atoms with E-state index in [4.69, 9.17) is 16.3 Å². The van der Waals surface area contributed by atoms with Gasteiger partial charge in [0, 0.05) is 23.6 Å². The first-order valence-electron chi connectivity index (χ1n) is 6.35. The van der Waals surface area contributed by atoms with E-state index >= 15 is 0 Å². The van der Waals surface area contributed by atoms with Gasteiger partial charge in [0.15, 0.2) is 0 Å². The Labute approximate surface area is 137 Å². The van der Waals surface area contributed by atoms with Crippen LogP contribution in [0.25, 0.3) is 0 Å². The Morgan fingerprint density at radius 1 is 1.29 bits per heavy atom. The number of para-hydroxylation sites is 1. The van der Waals surface area contributed by atoms with Crippen LogP contribution in [0.2, 0.25) is 5.02 Å². The van der Waals surface area contributed by atoms with Gasteiger partial charge in [0.05, 0.1) is 17.7 Å². The lowest BCUT2D eigenvalue weighted by Crippen LogP contribution is -2.26. The van der Waals surface area contributed by atoms with Gasteiger partial charge >= 0.3 is 0 Å². The van der Waals surface area contributed by atoms with Gasteiger partial charge in [-0.25, -0.2) is 0 Å². The normalized spacial score (nSPS) is 10.3. The van der Waals surface area contributed by atoms with Crippen LogP contribution in [0.4, 0.5) is 0 Å². The summed E-state index contributed by atoms with van der Waals surface area (Å²) in [7, 11) is 3.36. The molecule has 0 spiro atoms. The number of amides is 1. The van der Waals surface area contributed by atoms with Crippen molar-refractivity contribution in [3.8, 4) is 5.75 Å². The molecule has 0 aliphatic heterocycles. The molecular weight excluding hydrogens is 354 g/mol. The lowest BCUT2D eigenvalue weighted by Gasteiger charge is -2.19. The lowest BCUT2D eigenvalue weighted by atomic mass is 10.1. The monoisotopic (exact) mass is 367 g/mol. The van der Waals surface area contributed by atoms with Crippen molar-refractivity contribution in [3.05, 3.63) is 63.1 Å². The summed E-state index contributed by atoms with van der Waals surface area (Å²) >= 11 is 9.46. The first-order valence-corrected chi connectivity index (χ1v) is 7.52. The molecule has 110 valence electrons. The zero-order valence-corrected chi connectivity index (χ0v) is 14.1. The van der Waals surface area contributed by atoms with E-state index in [1.807, 2.05) is 24.3 Å². The zero-order chi connectivity index (χ0) is 15.4. The molecule has 2 rings (SSSR count). The molecule has 0 aliphatic carbocycles. The van der Waals surface area contributed by atoms with Crippen molar-refractivity contribution in [1.82, 2.24) is 4.90 Å². The number of carbonyl (C=O) groups is 1. The topological polar surface area (TPSA) is 29.5 Å². The van der Waals surface area contributed by atoms with Crippen LogP contribution in [0.1, 0.15) is 15.9 Å². The van der Waals surface area contributed by atoms with Crippen LogP contribution < -0.4 is 4.74 Å². The standard InChI is InChI=1S/C16H15BrClNO2/c1-19(10-11-5-3-4-6-15(11)21-2)16(20)13-8-7-12(17)9-14(13)18/h3-9H,10H2,1-2H3. The van der Waals surface area contributed by atoms with Crippen LogP contribution in [0.5, 0.6) is 5.75 Å². The molecule has 21 heavy (non-hydrogen) atoms. The summed E-state index contributed by atoms with van der Waals surface area (Å²) < 4.78 is 6.14. The van der Waals surface area contributed by atoms with E-state index in [9.17, 15) is 4.79 Å². The molecule has 0 aromatic heterocycles. The predicted octanol–water partition coefficient (Wildman–Crippen LogP) is 4.38. The van der Waals surface area contributed by atoms with Crippen LogP contribution in [0, 0.1) is 0 Å². The van der Waals surface area contributed by atoms with Crippen molar-refractivity contribution >= 4 is 33.4 Å². The van der Waals surface area contributed by atoms with Crippen LogP contribution in [-0.2, 0) is 6.54 Å². The Morgan fingerprint density at radius 3 is 2.67 bits per heavy atom. The molecule has 0 atom stereocenters. The minimum absolute atomic E-state index is 0.126. The second-order valence-corrected chi connectivity index (χ2v) is 5.92. The summed E-state index contributed by atoms with van der Waals surface area (Å²) in [5.41, 5.74) is 1.43. The fraction of sp³-hybridized carbons (Fsp3) is 0.188. The molecule has 0 bridgehead atoms. The van der Waals surface area contributed by atoms with Crippen LogP contribution in [0.15, 0.2) is 46.9 Å². The fourth-order valence-corrected chi connectivity index (χ4v) is 2.78. The van der Waals surface area contributed by atoms with Crippen LogP contribution in [-0.4, -0.2) is 25.0 Å². The first-order chi connectivity index (χ1) is 10.0. The minimum atomic E-state index is -0.126. The molecular formula is C16H15BrClNO2. The average molecular weight is 369 g/mol. The highest BCUT2D eigenvalue weighted by Gasteiger charge is 2.16. The number of benzene rings is 2. The SMILES string of the molecule is COc1ccccc1CN(C)C(=O)c1ccc(Br)cc1Cl. The van der Waals surface area contributed by atoms with Crippen molar-refractivity contribution in [1.29, 1.82) is 0 Å². The maximum Gasteiger partial charge on any atom is 0.255 e. The maximum absolute atomic E-state index is 12.5. The Bertz CT molecular complexity index is 660. The molecule has 0 radical (unpaired) electrons. The van der Waals surface area contributed by atoms with E-state index in [0.717, 1.165) is 15.8 Å². The molecule has 0 saturated heterocycles. The van der Waals surface area contributed by atoms with E-state index in [-0.39, 0.29) is 5.91 Å². The Morgan fingerprint density at radius 2 is 2.00 bits per heavy atom. The molecule has 0 saturated carbocycles. The smallest absolute Gasteiger partial charge is 0.255 e. The quantitative estimate of drug-likeness (QED) is 0.801. The maximum atomic E-state index is 12.5. The first kappa shape index (κ1) is 15.9. The van der Waals surface area contributed by atoms with Gasteiger partial charge in [-0.2, -0.15) is 0 Å². The van der Waals surface area contributed by atoms with Gasteiger partial charge in [-0.1, -0.05) is 45.7 Å². The number of hydrogen-bond acceptors (Lipinski definition) is 2. The van der Waals surface area contributed by atoms with Gasteiger partial charge in [-0.15, -0.1) is 0 Å². The average Bonchev–Trinajstić information content (AvgIpc) is 2.47. The molecule has 2 aromatic rings. The van der Waals surface area contributed by atoms with E-state index in [2.05, 4.69) is 15.9 Å². The third-order valence-electron chi connectivity index (χ3n) is 3.11. The Hall–Kier alpha value is -1.52. The van der Waals surface area contributed by atoms with Gasteiger partial charge in [0.1, 0.15) is 5.75 Å². The summed E-state index contributed by atoms with van der Waals surface area (Å²) in [5.74, 6) is 0.637. The molecule has 5 heteroatoms. The lowest BCUT2D eigenvalue weighted by molar-refractivity contribution is 0.0784. The number of nitrogens with zero attached hydrogens (tertiary/aromatic N) is 1. The predicted molar refractivity (Wildman–Crippen MR) is 87.9 cm³/mol. The van der Waals surface area contributed by atoms with Crippen LogP contribution >= 0.6 is 27.5 Å². The van der Waals surface area contributed by atoms with E-state index in [1.54, 1.807) is 37.3 Å². The van der Waals surface area contributed by atoms with Crippen molar-refractivity contribution in [3.63, 3.8) is 0 Å². The van der Waals surface area contributed by atoms with Gasteiger partial charge in [-0.05, 0) is 24.3 Å². The second-order valence-electron chi connectivity index (χ2n) is 4.60. The van der Waals surface area contributed by atoms with Crippen molar-refractivity contribution in [2.75, 3.05) is 14.2 Å². The highest BCUT2D eigenvalue weighted by atomic mass is 79.9. The molecule has 0 unspecified atom stereocenters. The highest BCUT2D eigenvalue weighted by Crippen LogP contribution is 2.24. The molecule has 3 nitrogen and oxygen atoms in total. The number of methoxy groups -OCH3 is 1. The number of ether oxygens (including phenoxy) is 1. The Kier molecular flexibility index (Phi) is 5.26. The molecule has 0 heterocycles. The summed E-state index contributed by atoms with van der Waals surface area (Å²) in [6.45, 7) is 0.454. The van der Waals surface area contributed by atoms with Crippen molar-refractivity contribution < 1.29 is 9.53 Å². The molecule has 0 aliphatic rings. The number of carbonyl (C=O) groups excluding carboxylic acids is 1. The summed E-state index contributed by atoms with van der Waals surface area (Å²) in [4.78, 5) is 14.1. The van der Waals surface area contributed by atoms with Crippen molar-refractivity contribution in [2.24, 2.45) is 0 Å². The summed E-state index contributed by atoms with van der Waals surface area (Å²) in [6.07, 6.45) is 0. The number of halogens is 2. The molecule has 0 N–H and O–H groups in total. The largest absolute Gasteiger partial charge is 0.496 e. The molecule has 1 amide bonds. The molecule has 0 fully saturated rings. The third-order valence-corrected chi connectivity index (χ3v) is 3.91. The second kappa shape index (κ2) is 6.96. The van der Waals surface area contributed by atoms with Gasteiger partial charge in [-0.3, -0.25) is 4.79 Å². The zero-order valence-electron chi connectivity index (χ0n) is 11.8. The number of hydrogen-bond donors (Lipinski definition) is 0. The Balaban J connectivity index is 2.19. The van der Waals surface area contributed by atoms with Gasteiger partial charge in [0.25, 0.3) is 5.91 Å². The molecule has 2 aromatic carbocycles. The minimum Gasteiger partial charge on any atom is -0.496 e. The summed E-state index contributed by atoms with van der Waals surface area (Å²) in [5, 5.41) is 0.432. The van der Waals surface area contributed by atoms with Gasteiger partial charge < -0.3 is 9.64 Å². The summed E-state index contributed by atoms with van der Waals surface area (Å²) in [6, 6.07) is 12.9. The van der Waals surface area contributed by atoms with E-state index in [0.29, 0.717) is 17.1 Å². The van der Waals surface area contributed by atoms with Crippen molar-refractivity contribution in [2.45, 2.75) is 6.54 Å². The van der Waals surface area contributed by atoms with Gasteiger partial charge in [0.2, 0.25) is 0 Å².